The van der Waals surface area contributed by atoms with Crippen molar-refractivity contribution in [3.63, 3.8) is 0 Å². The number of methoxy groups -OCH3 is 1. The predicted molar refractivity (Wildman–Crippen MR) is 114 cm³/mol. The number of hydrogen-bond donors (Lipinski definition) is 3. The number of nitrogens with one attached hydrogen (secondary N) is 1. The third-order valence-corrected chi connectivity index (χ3v) is 6.24. The summed E-state index contributed by atoms with van der Waals surface area (Å²) < 4.78 is 4.94. The second kappa shape index (κ2) is 11.9. The summed E-state index contributed by atoms with van der Waals surface area (Å²) in [7, 11) is 1.46. The Labute approximate surface area is 174 Å². The van der Waals surface area contributed by atoms with Crippen molar-refractivity contribution in [3.05, 3.63) is 35.9 Å². The Morgan fingerprint density at radius 3 is 2.38 bits per heavy atom. The second-order valence-corrected chi connectivity index (χ2v) is 8.30. The van der Waals surface area contributed by atoms with Crippen LogP contribution >= 0.6 is 0 Å². The van der Waals surface area contributed by atoms with Crippen molar-refractivity contribution in [3.8, 4) is 0 Å². The number of aliphatic carboxylic acids is 1. The standard InChI is InChI=1S/C14H19NO2.C9H17NO2/c1-17-14(16)13(11-7-3-2-4-8-11)12-9-5-6-10-15-12;10-7-9(6-8(11)12)4-2-1-3-5-9/h2-4,7-8,12-13,15H,5-6,9-10H2,1H3;1-7,10H2,(H,11,12). The van der Waals surface area contributed by atoms with E-state index in [9.17, 15) is 9.59 Å². The summed E-state index contributed by atoms with van der Waals surface area (Å²) in [5.74, 6) is -1.03. The molecular formula is C23H36N2O4. The van der Waals surface area contributed by atoms with Crippen LogP contribution in [0.15, 0.2) is 30.3 Å². The fraction of sp³-hybridized carbons (Fsp3) is 0.652. The van der Waals surface area contributed by atoms with Crippen LogP contribution in [0.25, 0.3) is 0 Å². The summed E-state index contributed by atoms with van der Waals surface area (Å²) in [6.07, 6.45) is 9.18. The quantitative estimate of drug-likeness (QED) is 0.628. The molecule has 2 unspecified atom stereocenters. The zero-order chi connectivity index (χ0) is 21.1. The lowest BCUT2D eigenvalue weighted by Gasteiger charge is -2.34. The fourth-order valence-electron chi connectivity index (χ4n) is 4.56. The minimum Gasteiger partial charge on any atom is -0.481 e. The number of carbonyl (C=O) groups excluding carboxylic acids is 1. The highest BCUT2D eigenvalue weighted by atomic mass is 16.5. The summed E-state index contributed by atoms with van der Waals surface area (Å²) in [5, 5.41) is 12.1. The Morgan fingerprint density at radius 1 is 1.17 bits per heavy atom. The SMILES string of the molecule is COC(=O)C(c1ccccc1)C1CCCCN1.NCC1(CC(=O)O)CCCCC1. The van der Waals surface area contributed by atoms with Crippen LogP contribution in [0.2, 0.25) is 0 Å². The first-order valence-corrected chi connectivity index (χ1v) is 10.8. The summed E-state index contributed by atoms with van der Waals surface area (Å²) in [6.45, 7) is 1.52. The van der Waals surface area contributed by atoms with Gasteiger partial charge in [0.1, 0.15) is 0 Å². The minimum absolute atomic E-state index is 0.0793. The van der Waals surface area contributed by atoms with Crippen molar-refractivity contribution >= 4 is 11.9 Å². The molecule has 4 N–H and O–H groups in total. The van der Waals surface area contributed by atoms with Crippen molar-refractivity contribution in [1.82, 2.24) is 5.32 Å². The van der Waals surface area contributed by atoms with Gasteiger partial charge in [0.05, 0.1) is 19.4 Å². The van der Waals surface area contributed by atoms with Crippen LogP contribution in [0.5, 0.6) is 0 Å². The Balaban J connectivity index is 0.000000221. The van der Waals surface area contributed by atoms with Gasteiger partial charge in [-0.1, -0.05) is 56.0 Å². The monoisotopic (exact) mass is 404 g/mol. The number of carboxylic acid groups (broad SMARTS) is 1. The van der Waals surface area contributed by atoms with E-state index in [2.05, 4.69) is 5.32 Å². The molecule has 2 fully saturated rings. The van der Waals surface area contributed by atoms with E-state index in [4.69, 9.17) is 15.6 Å². The molecule has 2 aliphatic rings. The maximum absolute atomic E-state index is 11.9. The number of ether oxygens (including phenoxy) is 1. The second-order valence-electron chi connectivity index (χ2n) is 8.30. The molecular weight excluding hydrogens is 368 g/mol. The number of hydrogen-bond acceptors (Lipinski definition) is 5. The van der Waals surface area contributed by atoms with Gasteiger partial charge in [0.25, 0.3) is 0 Å². The first kappa shape index (κ1) is 23.4. The number of esters is 1. The van der Waals surface area contributed by atoms with Crippen molar-refractivity contribution in [1.29, 1.82) is 0 Å². The first-order valence-electron chi connectivity index (χ1n) is 10.8. The van der Waals surface area contributed by atoms with Crippen molar-refractivity contribution < 1.29 is 19.4 Å². The molecule has 1 aliphatic heterocycles. The summed E-state index contributed by atoms with van der Waals surface area (Å²) in [5.41, 5.74) is 6.58. The number of nitrogens with two attached hydrogens (primary N) is 1. The lowest BCUT2D eigenvalue weighted by atomic mass is 9.72. The molecule has 1 heterocycles. The highest BCUT2D eigenvalue weighted by Crippen LogP contribution is 2.38. The smallest absolute Gasteiger partial charge is 0.314 e. The molecule has 162 valence electrons. The van der Waals surface area contributed by atoms with Gasteiger partial charge in [-0.2, -0.15) is 0 Å². The van der Waals surface area contributed by atoms with Gasteiger partial charge in [0.2, 0.25) is 0 Å². The van der Waals surface area contributed by atoms with Crippen LogP contribution in [-0.2, 0) is 14.3 Å². The van der Waals surface area contributed by atoms with Gasteiger partial charge in [0.15, 0.2) is 0 Å². The maximum atomic E-state index is 11.9. The van der Waals surface area contributed by atoms with Gasteiger partial charge in [-0.3, -0.25) is 9.59 Å². The normalized spacial score (nSPS) is 21.9. The Bertz CT molecular complexity index is 623. The van der Waals surface area contributed by atoms with Crippen LogP contribution < -0.4 is 11.1 Å². The highest BCUT2D eigenvalue weighted by molar-refractivity contribution is 5.79. The highest BCUT2D eigenvalue weighted by Gasteiger charge is 2.33. The average molecular weight is 405 g/mol. The van der Waals surface area contributed by atoms with Crippen LogP contribution in [0.4, 0.5) is 0 Å². The van der Waals surface area contributed by atoms with Crippen molar-refractivity contribution in [2.75, 3.05) is 20.2 Å². The summed E-state index contributed by atoms with van der Waals surface area (Å²) in [4.78, 5) is 22.5. The van der Waals surface area contributed by atoms with E-state index < -0.39 is 5.97 Å². The Kier molecular flexibility index (Phi) is 9.61. The van der Waals surface area contributed by atoms with Crippen molar-refractivity contribution in [2.24, 2.45) is 11.1 Å². The zero-order valence-electron chi connectivity index (χ0n) is 17.6. The molecule has 29 heavy (non-hydrogen) atoms. The molecule has 1 aromatic carbocycles. The van der Waals surface area contributed by atoms with E-state index >= 15 is 0 Å². The topological polar surface area (TPSA) is 102 Å². The van der Waals surface area contributed by atoms with E-state index in [1.54, 1.807) is 0 Å². The maximum Gasteiger partial charge on any atom is 0.314 e. The number of rotatable bonds is 6. The van der Waals surface area contributed by atoms with E-state index in [1.165, 1.54) is 26.4 Å². The molecule has 1 aromatic rings. The summed E-state index contributed by atoms with van der Waals surface area (Å²) in [6, 6.07) is 10.1. The Hall–Kier alpha value is -1.92. The molecule has 0 aromatic heterocycles. The first-order chi connectivity index (χ1) is 14.0. The molecule has 2 atom stereocenters. The number of carboxylic acids is 1. The van der Waals surface area contributed by atoms with Crippen molar-refractivity contribution in [2.45, 2.75) is 69.7 Å². The van der Waals surface area contributed by atoms with Gasteiger partial charge in [-0.25, -0.2) is 0 Å². The molecule has 1 saturated heterocycles. The molecule has 1 aliphatic carbocycles. The lowest BCUT2D eigenvalue weighted by molar-refractivity contribution is -0.143. The molecule has 0 amide bonds. The van der Waals surface area contributed by atoms with Gasteiger partial charge in [-0.05, 0) is 49.8 Å². The van der Waals surface area contributed by atoms with E-state index in [0.717, 1.165) is 44.2 Å². The molecule has 0 spiro atoms. The van der Waals surface area contributed by atoms with Crippen LogP contribution in [0, 0.1) is 5.41 Å². The van der Waals surface area contributed by atoms with Crippen LogP contribution in [-0.4, -0.2) is 43.3 Å². The van der Waals surface area contributed by atoms with Crippen LogP contribution in [0.3, 0.4) is 0 Å². The van der Waals surface area contributed by atoms with Gasteiger partial charge in [-0.15, -0.1) is 0 Å². The third kappa shape index (κ3) is 7.12. The zero-order valence-corrected chi connectivity index (χ0v) is 17.6. The number of benzene rings is 1. The number of carbonyl (C=O) groups is 2. The van der Waals surface area contributed by atoms with Gasteiger partial charge < -0.3 is 20.9 Å². The third-order valence-electron chi connectivity index (χ3n) is 6.24. The van der Waals surface area contributed by atoms with Crippen LogP contribution in [0.1, 0.15) is 69.3 Å². The molecule has 0 radical (unpaired) electrons. The lowest BCUT2D eigenvalue weighted by Crippen LogP contribution is -2.42. The predicted octanol–water partition coefficient (Wildman–Crippen LogP) is 3.46. The average Bonchev–Trinajstić information content (AvgIpc) is 2.76. The Morgan fingerprint density at radius 2 is 1.86 bits per heavy atom. The molecule has 0 bridgehead atoms. The molecule has 6 heteroatoms. The van der Waals surface area contributed by atoms with E-state index in [1.807, 2.05) is 30.3 Å². The largest absolute Gasteiger partial charge is 0.481 e. The molecule has 6 nitrogen and oxygen atoms in total. The minimum atomic E-state index is -0.706. The van der Waals surface area contributed by atoms with E-state index in [-0.39, 0.29) is 29.8 Å². The molecule has 3 rings (SSSR count). The van der Waals surface area contributed by atoms with E-state index in [0.29, 0.717) is 6.54 Å². The summed E-state index contributed by atoms with van der Waals surface area (Å²) >= 11 is 0. The fourth-order valence-corrected chi connectivity index (χ4v) is 4.56. The molecule has 1 saturated carbocycles. The van der Waals surface area contributed by atoms with Gasteiger partial charge >= 0.3 is 11.9 Å². The van der Waals surface area contributed by atoms with Gasteiger partial charge in [0, 0.05) is 6.04 Å². The number of piperidine rings is 1.